The van der Waals surface area contributed by atoms with Crippen LogP contribution in [-0.2, 0) is 14.6 Å². The van der Waals surface area contributed by atoms with Crippen molar-refractivity contribution in [1.29, 1.82) is 0 Å². The second-order valence-electron chi connectivity index (χ2n) is 5.82. The lowest BCUT2D eigenvalue weighted by atomic mass is 9.70. The Hall–Kier alpha value is -0.130. The quantitative estimate of drug-likeness (QED) is 0.742. The molecule has 2 aliphatic carbocycles. The van der Waals surface area contributed by atoms with E-state index in [-0.39, 0.29) is 10.8 Å². The molecule has 2 aliphatic rings. The highest BCUT2D eigenvalue weighted by molar-refractivity contribution is 7.80. The maximum Gasteiger partial charge on any atom is 0.397 e. The third-order valence-electron chi connectivity index (χ3n) is 4.36. The van der Waals surface area contributed by atoms with Gasteiger partial charge in [0.25, 0.3) is 0 Å². The minimum atomic E-state index is -4.34. The van der Waals surface area contributed by atoms with Crippen LogP contribution in [0.25, 0.3) is 0 Å². The number of hydrogen-bond donors (Lipinski definition) is 1. The van der Waals surface area contributed by atoms with Crippen LogP contribution in [0.1, 0.15) is 40.0 Å². The molecule has 0 heterocycles. The third-order valence-corrected chi connectivity index (χ3v) is 4.79. The van der Waals surface area contributed by atoms with E-state index < -0.39 is 16.5 Å². The Bertz CT molecular complexity index is 368. The summed E-state index contributed by atoms with van der Waals surface area (Å²) in [5.41, 5.74) is -0.257. The maximum atomic E-state index is 10.8. The smallest absolute Gasteiger partial charge is 0.264 e. The summed E-state index contributed by atoms with van der Waals surface area (Å²) in [5, 5.41) is 0. The van der Waals surface area contributed by atoms with E-state index in [1.165, 1.54) is 0 Å². The molecule has 0 aromatic heterocycles. The molecule has 0 aliphatic heterocycles. The normalized spacial score (nSPS) is 43.5. The first-order valence-corrected chi connectivity index (χ1v) is 6.67. The topological polar surface area (TPSA) is 63.6 Å². The molecule has 0 unspecified atom stereocenters. The standard InChI is InChI=1S/C10H18O4S/c1-9(2)7-4-5-10(3,6-7)8(9)14-15(11,12)13/h7-8H,4-6H2,1-3H3,(H,11,12,13)/t7-,8-,10+/m0/s1. The SMILES string of the molecule is CC1(C)[C@H]2CC[C@](C)(C2)[C@H]1OS(=O)(=O)O. The Morgan fingerprint density at radius 1 is 1.33 bits per heavy atom. The highest BCUT2D eigenvalue weighted by Gasteiger charge is 2.61. The fourth-order valence-corrected chi connectivity index (χ4v) is 4.34. The van der Waals surface area contributed by atoms with Gasteiger partial charge in [0.2, 0.25) is 0 Å². The zero-order valence-electron chi connectivity index (χ0n) is 9.36. The van der Waals surface area contributed by atoms with E-state index >= 15 is 0 Å². The van der Waals surface area contributed by atoms with Crippen molar-refractivity contribution in [1.82, 2.24) is 0 Å². The van der Waals surface area contributed by atoms with Gasteiger partial charge in [-0.15, -0.1) is 0 Å². The van der Waals surface area contributed by atoms with Crippen molar-refractivity contribution in [3.8, 4) is 0 Å². The lowest BCUT2D eigenvalue weighted by Gasteiger charge is -2.40. The summed E-state index contributed by atoms with van der Waals surface area (Å²) in [6, 6.07) is 0. The van der Waals surface area contributed by atoms with E-state index in [0.29, 0.717) is 5.92 Å². The Balaban J connectivity index is 2.31. The Morgan fingerprint density at radius 3 is 2.33 bits per heavy atom. The molecule has 0 radical (unpaired) electrons. The molecule has 0 aromatic rings. The fourth-order valence-electron chi connectivity index (χ4n) is 3.62. The minimum absolute atomic E-state index is 0.0933. The van der Waals surface area contributed by atoms with Crippen LogP contribution in [-0.4, -0.2) is 19.1 Å². The van der Waals surface area contributed by atoms with Crippen LogP contribution in [0.5, 0.6) is 0 Å². The van der Waals surface area contributed by atoms with Gasteiger partial charge in [-0.2, -0.15) is 8.42 Å². The summed E-state index contributed by atoms with van der Waals surface area (Å²) in [4.78, 5) is 0. The van der Waals surface area contributed by atoms with E-state index in [0.717, 1.165) is 19.3 Å². The molecule has 1 N–H and O–H groups in total. The summed E-state index contributed by atoms with van der Waals surface area (Å²) >= 11 is 0. The van der Waals surface area contributed by atoms with Crippen LogP contribution in [0.3, 0.4) is 0 Å². The van der Waals surface area contributed by atoms with Gasteiger partial charge in [0.1, 0.15) is 0 Å². The van der Waals surface area contributed by atoms with Gasteiger partial charge in [0, 0.05) is 0 Å². The monoisotopic (exact) mass is 234 g/mol. The van der Waals surface area contributed by atoms with Gasteiger partial charge >= 0.3 is 10.4 Å². The lowest BCUT2D eigenvalue weighted by molar-refractivity contribution is -0.0168. The van der Waals surface area contributed by atoms with Crippen molar-refractivity contribution in [2.45, 2.75) is 46.1 Å². The second kappa shape index (κ2) is 2.96. The first-order chi connectivity index (χ1) is 6.65. The summed E-state index contributed by atoms with van der Waals surface area (Å²) < 4.78 is 35.3. The Kier molecular flexibility index (Phi) is 2.24. The highest BCUT2D eigenvalue weighted by Crippen LogP contribution is 2.63. The summed E-state index contributed by atoms with van der Waals surface area (Å²) in [5.74, 6) is 0.509. The second-order valence-corrected chi connectivity index (χ2v) is 6.87. The lowest BCUT2D eigenvalue weighted by Crippen LogP contribution is -2.43. The zero-order valence-corrected chi connectivity index (χ0v) is 10.2. The fraction of sp³-hybridized carbons (Fsp3) is 1.00. The molecule has 0 spiro atoms. The molecule has 15 heavy (non-hydrogen) atoms. The van der Waals surface area contributed by atoms with Crippen LogP contribution in [0.4, 0.5) is 0 Å². The van der Waals surface area contributed by atoms with Crippen molar-refractivity contribution in [2.24, 2.45) is 16.7 Å². The van der Waals surface area contributed by atoms with Crippen LogP contribution >= 0.6 is 0 Å². The average molecular weight is 234 g/mol. The van der Waals surface area contributed by atoms with Gasteiger partial charge in [-0.3, -0.25) is 4.55 Å². The van der Waals surface area contributed by atoms with E-state index in [9.17, 15) is 8.42 Å². The average Bonchev–Trinajstić information content (AvgIpc) is 2.48. The van der Waals surface area contributed by atoms with Crippen molar-refractivity contribution < 1.29 is 17.2 Å². The van der Waals surface area contributed by atoms with Gasteiger partial charge < -0.3 is 0 Å². The predicted octanol–water partition coefficient (Wildman–Crippen LogP) is 2.02. The predicted molar refractivity (Wildman–Crippen MR) is 55.7 cm³/mol. The molecule has 0 saturated heterocycles. The van der Waals surface area contributed by atoms with E-state index in [1.807, 2.05) is 13.8 Å². The van der Waals surface area contributed by atoms with Crippen molar-refractivity contribution in [3.05, 3.63) is 0 Å². The van der Waals surface area contributed by atoms with Gasteiger partial charge in [-0.25, -0.2) is 4.18 Å². The molecule has 3 atom stereocenters. The van der Waals surface area contributed by atoms with E-state index in [4.69, 9.17) is 8.74 Å². The molecule has 2 fully saturated rings. The molecule has 2 rings (SSSR count). The molecule has 0 amide bonds. The molecular formula is C10H18O4S. The largest absolute Gasteiger partial charge is 0.397 e. The zero-order chi connectivity index (χ0) is 11.5. The molecule has 4 nitrogen and oxygen atoms in total. The number of rotatable bonds is 2. The van der Waals surface area contributed by atoms with Crippen molar-refractivity contribution in [2.75, 3.05) is 0 Å². The first-order valence-electron chi connectivity index (χ1n) is 5.31. The Labute approximate surface area is 91.0 Å². The van der Waals surface area contributed by atoms with Crippen LogP contribution in [0, 0.1) is 16.7 Å². The van der Waals surface area contributed by atoms with Crippen molar-refractivity contribution >= 4 is 10.4 Å². The van der Waals surface area contributed by atoms with Crippen LogP contribution in [0.15, 0.2) is 0 Å². The summed E-state index contributed by atoms with van der Waals surface area (Å²) in [7, 11) is -4.34. The van der Waals surface area contributed by atoms with Crippen LogP contribution in [0.2, 0.25) is 0 Å². The number of hydrogen-bond acceptors (Lipinski definition) is 3. The van der Waals surface area contributed by atoms with Gasteiger partial charge in [0.05, 0.1) is 6.10 Å². The molecule has 0 aromatic carbocycles. The van der Waals surface area contributed by atoms with Crippen LogP contribution < -0.4 is 0 Å². The third kappa shape index (κ3) is 1.70. The van der Waals surface area contributed by atoms with Crippen molar-refractivity contribution in [3.63, 3.8) is 0 Å². The Morgan fingerprint density at radius 2 is 1.93 bits per heavy atom. The highest BCUT2D eigenvalue weighted by atomic mass is 32.3. The summed E-state index contributed by atoms with van der Waals surface area (Å²) in [6.45, 7) is 6.10. The molecule has 2 saturated carbocycles. The first kappa shape index (κ1) is 11.4. The van der Waals surface area contributed by atoms with E-state index in [1.54, 1.807) is 0 Å². The van der Waals surface area contributed by atoms with Gasteiger partial charge in [-0.05, 0) is 36.0 Å². The molecule has 5 heteroatoms. The molecular weight excluding hydrogens is 216 g/mol. The van der Waals surface area contributed by atoms with Gasteiger partial charge in [-0.1, -0.05) is 20.8 Å². The van der Waals surface area contributed by atoms with E-state index in [2.05, 4.69) is 6.92 Å². The minimum Gasteiger partial charge on any atom is -0.264 e. The summed E-state index contributed by atoms with van der Waals surface area (Å²) in [6.07, 6.45) is 2.73. The van der Waals surface area contributed by atoms with Gasteiger partial charge in [0.15, 0.2) is 0 Å². The maximum absolute atomic E-state index is 10.8. The molecule has 88 valence electrons. The number of fused-ring (bicyclic) bond motifs is 2. The molecule has 2 bridgehead atoms.